The highest BCUT2D eigenvalue weighted by Gasteiger charge is 2.12. The molecular weight excluding hydrogens is 265 g/mol. The summed E-state index contributed by atoms with van der Waals surface area (Å²) in [7, 11) is 0. The van der Waals surface area contributed by atoms with Gasteiger partial charge in [-0.05, 0) is 31.2 Å². The molecule has 0 aromatic heterocycles. The van der Waals surface area contributed by atoms with Crippen molar-refractivity contribution in [3.8, 4) is 5.75 Å². The van der Waals surface area contributed by atoms with Crippen molar-refractivity contribution in [1.82, 2.24) is 0 Å². The minimum absolute atomic E-state index is 0.195. The lowest BCUT2D eigenvalue weighted by Gasteiger charge is -2.15. The van der Waals surface area contributed by atoms with Crippen LogP contribution < -0.4 is 10.5 Å². The molecule has 0 saturated heterocycles. The largest absolute Gasteiger partial charge is 0.492 e. The number of aryl methyl sites for hydroxylation is 1. The molecule has 0 fully saturated rings. The van der Waals surface area contributed by atoms with Crippen molar-refractivity contribution in [1.29, 1.82) is 0 Å². The van der Waals surface area contributed by atoms with Crippen LogP contribution in [0.1, 0.15) is 17.2 Å². The van der Waals surface area contributed by atoms with Gasteiger partial charge in [0.15, 0.2) is 0 Å². The van der Waals surface area contributed by atoms with Crippen molar-refractivity contribution in [3.05, 3.63) is 64.4 Å². The summed E-state index contributed by atoms with van der Waals surface area (Å²) in [5.74, 6) is 0.309. The summed E-state index contributed by atoms with van der Waals surface area (Å²) in [4.78, 5) is 0. The van der Waals surface area contributed by atoms with Crippen molar-refractivity contribution in [2.75, 3.05) is 6.61 Å². The number of benzene rings is 2. The Morgan fingerprint density at radius 1 is 1.26 bits per heavy atom. The summed E-state index contributed by atoms with van der Waals surface area (Å²) in [6.45, 7) is 2.09. The fourth-order valence-corrected chi connectivity index (χ4v) is 1.96. The molecule has 2 aromatic rings. The molecule has 1 unspecified atom stereocenters. The summed E-state index contributed by atoms with van der Waals surface area (Å²) in [6.07, 6.45) is 0. The summed E-state index contributed by atoms with van der Waals surface area (Å²) in [5, 5.41) is 0.591. The fourth-order valence-electron chi connectivity index (χ4n) is 1.78. The van der Waals surface area contributed by atoms with Gasteiger partial charge in [-0.2, -0.15) is 0 Å². The average Bonchev–Trinajstić information content (AvgIpc) is 2.39. The summed E-state index contributed by atoms with van der Waals surface area (Å²) >= 11 is 5.85. The average molecular weight is 280 g/mol. The third-order valence-electron chi connectivity index (χ3n) is 2.78. The van der Waals surface area contributed by atoms with Crippen LogP contribution in [0, 0.1) is 12.7 Å². The first-order chi connectivity index (χ1) is 9.06. The topological polar surface area (TPSA) is 35.2 Å². The predicted molar refractivity (Wildman–Crippen MR) is 75.0 cm³/mol. The lowest BCUT2D eigenvalue weighted by atomic mass is 10.1. The Bertz CT molecular complexity index is 574. The fraction of sp³-hybridized carbons (Fsp3) is 0.200. The minimum Gasteiger partial charge on any atom is -0.492 e. The third kappa shape index (κ3) is 3.69. The van der Waals surface area contributed by atoms with Crippen LogP contribution in [0.25, 0.3) is 0 Å². The smallest absolute Gasteiger partial charge is 0.128 e. The van der Waals surface area contributed by atoms with E-state index in [-0.39, 0.29) is 12.4 Å². The van der Waals surface area contributed by atoms with Gasteiger partial charge in [0, 0.05) is 10.6 Å². The summed E-state index contributed by atoms with van der Waals surface area (Å²) < 4.78 is 19.2. The molecule has 1 atom stereocenters. The van der Waals surface area contributed by atoms with Gasteiger partial charge in [0.25, 0.3) is 0 Å². The van der Waals surface area contributed by atoms with Gasteiger partial charge < -0.3 is 10.5 Å². The molecule has 2 aromatic carbocycles. The van der Waals surface area contributed by atoms with E-state index in [1.165, 1.54) is 6.07 Å². The maximum Gasteiger partial charge on any atom is 0.128 e. The van der Waals surface area contributed by atoms with Gasteiger partial charge in [-0.1, -0.05) is 35.4 Å². The molecule has 0 saturated carbocycles. The Hall–Kier alpha value is -1.58. The Kier molecular flexibility index (Phi) is 4.40. The number of hydrogen-bond donors (Lipinski definition) is 1. The maximum absolute atomic E-state index is 13.7. The van der Waals surface area contributed by atoms with Gasteiger partial charge in [0.2, 0.25) is 0 Å². The van der Waals surface area contributed by atoms with Crippen LogP contribution in [-0.2, 0) is 0 Å². The van der Waals surface area contributed by atoms with E-state index in [1.807, 2.05) is 6.92 Å². The van der Waals surface area contributed by atoms with E-state index < -0.39 is 6.04 Å². The molecule has 4 heteroatoms. The second kappa shape index (κ2) is 6.04. The van der Waals surface area contributed by atoms with Crippen LogP contribution >= 0.6 is 11.6 Å². The molecule has 0 aliphatic rings. The molecule has 0 aliphatic heterocycles. The van der Waals surface area contributed by atoms with Crippen molar-refractivity contribution >= 4 is 11.6 Å². The molecular formula is C15H15ClFNO. The first-order valence-electron chi connectivity index (χ1n) is 5.96. The lowest BCUT2D eigenvalue weighted by Crippen LogP contribution is -2.20. The summed E-state index contributed by atoms with van der Waals surface area (Å²) in [6, 6.07) is 11.4. The zero-order chi connectivity index (χ0) is 13.8. The van der Waals surface area contributed by atoms with Crippen LogP contribution in [-0.4, -0.2) is 6.61 Å². The molecule has 0 amide bonds. The SMILES string of the molecule is Cc1ccc(F)c(C(N)COc2cccc(Cl)c2)c1. The number of halogens is 2. The van der Waals surface area contributed by atoms with Crippen molar-refractivity contribution < 1.29 is 9.13 Å². The standard InChI is InChI=1S/C15H15ClFNO/c1-10-5-6-14(17)13(7-10)15(18)9-19-12-4-2-3-11(16)8-12/h2-8,15H,9,18H2,1H3. The first-order valence-corrected chi connectivity index (χ1v) is 6.34. The van der Waals surface area contributed by atoms with Crippen molar-refractivity contribution in [2.45, 2.75) is 13.0 Å². The second-order valence-corrected chi connectivity index (χ2v) is 4.84. The minimum atomic E-state index is -0.515. The van der Waals surface area contributed by atoms with Gasteiger partial charge in [0.05, 0.1) is 6.04 Å². The highest BCUT2D eigenvalue weighted by Crippen LogP contribution is 2.21. The molecule has 0 bridgehead atoms. The van der Waals surface area contributed by atoms with Gasteiger partial charge in [-0.3, -0.25) is 0 Å². The van der Waals surface area contributed by atoms with E-state index >= 15 is 0 Å². The van der Waals surface area contributed by atoms with Crippen LogP contribution in [0.2, 0.25) is 5.02 Å². The number of nitrogens with two attached hydrogens (primary N) is 1. The zero-order valence-corrected chi connectivity index (χ0v) is 11.3. The molecule has 2 rings (SSSR count). The van der Waals surface area contributed by atoms with Gasteiger partial charge in [0.1, 0.15) is 18.2 Å². The Morgan fingerprint density at radius 3 is 2.79 bits per heavy atom. The van der Waals surface area contributed by atoms with E-state index in [2.05, 4.69) is 0 Å². The quantitative estimate of drug-likeness (QED) is 0.922. The predicted octanol–water partition coefficient (Wildman–Crippen LogP) is 3.87. The van der Waals surface area contributed by atoms with E-state index in [4.69, 9.17) is 22.1 Å². The molecule has 19 heavy (non-hydrogen) atoms. The van der Waals surface area contributed by atoms with E-state index in [1.54, 1.807) is 36.4 Å². The van der Waals surface area contributed by atoms with E-state index in [0.717, 1.165) is 5.56 Å². The van der Waals surface area contributed by atoms with Crippen LogP contribution in [0.15, 0.2) is 42.5 Å². The highest BCUT2D eigenvalue weighted by molar-refractivity contribution is 6.30. The number of hydrogen-bond acceptors (Lipinski definition) is 2. The monoisotopic (exact) mass is 279 g/mol. The normalized spacial score (nSPS) is 12.2. The van der Waals surface area contributed by atoms with E-state index in [9.17, 15) is 4.39 Å². The molecule has 0 heterocycles. The lowest BCUT2D eigenvalue weighted by molar-refractivity contribution is 0.288. The number of ether oxygens (including phenoxy) is 1. The third-order valence-corrected chi connectivity index (χ3v) is 3.01. The molecule has 2 nitrogen and oxygen atoms in total. The number of rotatable bonds is 4. The van der Waals surface area contributed by atoms with Gasteiger partial charge >= 0.3 is 0 Å². The molecule has 0 radical (unpaired) electrons. The second-order valence-electron chi connectivity index (χ2n) is 4.40. The van der Waals surface area contributed by atoms with Gasteiger partial charge in [-0.25, -0.2) is 4.39 Å². The zero-order valence-electron chi connectivity index (χ0n) is 10.6. The molecule has 100 valence electrons. The van der Waals surface area contributed by atoms with Crippen LogP contribution in [0.4, 0.5) is 4.39 Å². The summed E-state index contributed by atoms with van der Waals surface area (Å²) in [5.41, 5.74) is 7.38. The van der Waals surface area contributed by atoms with Crippen molar-refractivity contribution in [2.24, 2.45) is 5.73 Å². The molecule has 0 spiro atoms. The highest BCUT2D eigenvalue weighted by atomic mass is 35.5. The van der Waals surface area contributed by atoms with Crippen LogP contribution in [0.3, 0.4) is 0 Å². The first kappa shape index (κ1) is 13.8. The molecule has 2 N–H and O–H groups in total. The van der Waals surface area contributed by atoms with Crippen LogP contribution in [0.5, 0.6) is 5.75 Å². The van der Waals surface area contributed by atoms with Crippen molar-refractivity contribution in [3.63, 3.8) is 0 Å². The van der Waals surface area contributed by atoms with Gasteiger partial charge in [-0.15, -0.1) is 0 Å². The Labute approximate surface area is 117 Å². The molecule has 0 aliphatic carbocycles. The Morgan fingerprint density at radius 2 is 2.05 bits per heavy atom. The maximum atomic E-state index is 13.7. The van der Waals surface area contributed by atoms with E-state index in [0.29, 0.717) is 16.3 Å². The Balaban J connectivity index is 2.05.